The lowest BCUT2D eigenvalue weighted by molar-refractivity contribution is -0.136. The van der Waals surface area contributed by atoms with Gasteiger partial charge in [0.25, 0.3) is 0 Å². The highest BCUT2D eigenvalue weighted by Crippen LogP contribution is 2.27. The molecule has 0 fully saturated rings. The molecule has 21 heavy (non-hydrogen) atoms. The molecular weight excluding hydrogens is 308 g/mol. The number of aromatic nitrogens is 1. The smallest absolute Gasteiger partial charge is 0.309 e. The average molecular weight is 322 g/mol. The highest BCUT2D eigenvalue weighted by Gasteiger charge is 2.17. The summed E-state index contributed by atoms with van der Waals surface area (Å²) in [4.78, 5) is 26.9. The van der Waals surface area contributed by atoms with Gasteiger partial charge in [-0.25, -0.2) is 4.98 Å². The van der Waals surface area contributed by atoms with Gasteiger partial charge in [0.15, 0.2) is 4.34 Å². The predicted octanol–water partition coefficient (Wildman–Crippen LogP) is 2.89. The molecule has 0 saturated carbocycles. The average Bonchev–Trinajstić information content (AvgIpc) is 2.86. The fraction of sp³-hybridized carbons (Fsp3) is 0.214. The first-order valence-corrected chi connectivity index (χ1v) is 7.99. The number of hydrogen-bond acceptors (Lipinski definition) is 5. The topological polar surface area (TPSA) is 79.3 Å². The summed E-state index contributed by atoms with van der Waals surface area (Å²) in [5.74, 6) is -1.02. The molecule has 2 N–H and O–H groups in total. The predicted molar refractivity (Wildman–Crippen MR) is 83.8 cm³/mol. The first-order valence-electron chi connectivity index (χ1n) is 6.23. The summed E-state index contributed by atoms with van der Waals surface area (Å²) in [5, 5.41) is 12.9. The van der Waals surface area contributed by atoms with Crippen molar-refractivity contribution in [1.29, 1.82) is 0 Å². The summed E-state index contributed by atoms with van der Waals surface area (Å²) in [6, 6.07) is 9.24. The largest absolute Gasteiger partial charge is 0.481 e. The number of anilines is 1. The van der Waals surface area contributed by atoms with E-state index in [9.17, 15) is 9.59 Å². The minimum Gasteiger partial charge on any atom is -0.481 e. The maximum Gasteiger partial charge on any atom is 0.309 e. The molecule has 1 heterocycles. The molecule has 0 aliphatic carbocycles. The number of nitrogens with one attached hydrogen (secondary N) is 1. The Morgan fingerprint density at radius 3 is 2.76 bits per heavy atom. The van der Waals surface area contributed by atoms with E-state index in [1.54, 1.807) is 12.3 Å². The van der Waals surface area contributed by atoms with Crippen molar-refractivity contribution >= 4 is 40.7 Å². The van der Waals surface area contributed by atoms with Gasteiger partial charge < -0.3 is 10.4 Å². The minimum absolute atomic E-state index is 0.0956. The Morgan fingerprint density at radius 2 is 2.10 bits per heavy atom. The second kappa shape index (κ2) is 7.24. The summed E-state index contributed by atoms with van der Waals surface area (Å²) in [5.41, 5.74) is 1.27. The molecule has 2 aromatic rings. The van der Waals surface area contributed by atoms with Crippen LogP contribution < -0.4 is 5.32 Å². The van der Waals surface area contributed by atoms with Gasteiger partial charge >= 0.3 is 5.97 Å². The molecule has 0 aliphatic rings. The molecule has 1 unspecified atom stereocenters. The summed E-state index contributed by atoms with van der Waals surface area (Å²) in [6.45, 7) is 1.79. The number of carbonyl (C=O) groups excluding carboxylic acids is 1. The van der Waals surface area contributed by atoms with Crippen molar-refractivity contribution in [3.8, 4) is 0 Å². The van der Waals surface area contributed by atoms with Crippen LogP contribution in [0.4, 0.5) is 5.69 Å². The summed E-state index contributed by atoms with van der Waals surface area (Å²) >= 11 is 2.67. The molecule has 0 radical (unpaired) electrons. The van der Waals surface area contributed by atoms with Crippen molar-refractivity contribution in [3.63, 3.8) is 0 Å². The first-order chi connectivity index (χ1) is 10.0. The van der Waals surface area contributed by atoms with Crippen LogP contribution in [0.25, 0.3) is 0 Å². The number of benzene rings is 1. The lowest BCUT2D eigenvalue weighted by Gasteiger charge is -2.10. The molecule has 0 saturated heterocycles. The van der Waals surface area contributed by atoms with Crippen molar-refractivity contribution < 1.29 is 14.7 Å². The molecule has 1 atom stereocenters. The normalized spacial score (nSPS) is 11.9. The van der Waals surface area contributed by atoms with Gasteiger partial charge in [0.2, 0.25) is 5.91 Å². The van der Waals surface area contributed by atoms with Gasteiger partial charge in [0, 0.05) is 11.1 Å². The maximum absolute atomic E-state index is 12.1. The monoisotopic (exact) mass is 322 g/mol. The molecule has 1 aromatic heterocycles. The highest BCUT2D eigenvalue weighted by molar-refractivity contribution is 8.02. The van der Waals surface area contributed by atoms with Crippen molar-refractivity contribution in [2.75, 3.05) is 5.32 Å². The highest BCUT2D eigenvalue weighted by atomic mass is 32.2. The van der Waals surface area contributed by atoms with Crippen LogP contribution in [0.5, 0.6) is 0 Å². The Kier molecular flexibility index (Phi) is 5.35. The molecule has 7 heteroatoms. The molecule has 1 aromatic carbocycles. The summed E-state index contributed by atoms with van der Waals surface area (Å²) < 4.78 is 0.696. The third kappa shape index (κ3) is 4.87. The molecule has 0 bridgehead atoms. The molecule has 1 amide bonds. The number of para-hydroxylation sites is 1. The lowest BCUT2D eigenvalue weighted by atomic mass is 10.3. The Labute approximate surface area is 130 Å². The Morgan fingerprint density at radius 1 is 1.38 bits per heavy atom. The number of carboxylic acids is 1. The number of carbonyl (C=O) groups is 2. The second-order valence-electron chi connectivity index (χ2n) is 4.29. The molecule has 5 nitrogen and oxygen atoms in total. The van der Waals surface area contributed by atoms with Crippen LogP contribution in [0.3, 0.4) is 0 Å². The molecule has 0 aliphatic heterocycles. The summed E-state index contributed by atoms with van der Waals surface area (Å²) in [6.07, 6.45) is -0.0956. The van der Waals surface area contributed by atoms with Gasteiger partial charge in [-0.15, -0.1) is 11.3 Å². The fourth-order valence-electron chi connectivity index (χ4n) is 1.55. The van der Waals surface area contributed by atoms with Crippen molar-refractivity contribution in [1.82, 2.24) is 4.98 Å². The number of aliphatic carboxylic acids is 1. The van der Waals surface area contributed by atoms with Crippen LogP contribution >= 0.6 is 23.1 Å². The van der Waals surface area contributed by atoms with Crippen LogP contribution in [-0.4, -0.2) is 27.2 Å². The van der Waals surface area contributed by atoms with E-state index in [0.29, 0.717) is 10.0 Å². The molecule has 0 spiro atoms. The van der Waals surface area contributed by atoms with Crippen LogP contribution in [0, 0.1) is 0 Å². The van der Waals surface area contributed by atoms with E-state index in [0.717, 1.165) is 5.69 Å². The maximum atomic E-state index is 12.1. The van der Waals surface area contributed by atoms with E-state index in [4.69, 9.17) is 5.11 Å². The van der Waals surface area contributed by atoms with Crippen molar-refractivity contribution in [3.05, 3.63) is 41.4 Å². The van der Waals surface area contributed by atoms with Gasteiger partial charge in [0.05, 0.1) is 17.4 Å². The molecule has 2 rings (SSSR count). The van der Waals surface area contributed by atoms with E-state index < -0.39 is 5.97 Å². The standard InChI is InChI=1S/C14H14N2O3S2/c1-9(13(19)15-10-5-3-2-4-6-10)21-14-16-11(8-20-14)7-12(17)18/h2-6,8-9H,7H2,1H3,(H,15,19)(H,17,18). The van der Waals surface area contributed by atoms with E-state index >= 15 is 0 Å². The number of thiazole rings is 1. The zero-order chi connectivity index (χ0) is 15.2. The lowest BCUT2D eigenvalue weighted by Crippen LogP contribution is -2.22. The number of hydrogen-bond donors (Lipinski definition) is 2. The van der Waals surface area contributed by atoms with Gasteiger partial charge in [-0.3, -0.25) is 9.59 Å². The third-order valence-electron chi connectivity index (χ3n) is 2.55. The molecule has 110 valence electrons. The van der Waals surface area contributed by atoms with E-state index in [1.807, 2.05) is 30.3 Å². The van der Waals surface area contributed by atoms with E-state index in [1.165, 1.54) is 23.1 Å². The third-order valence-corrected chi connectivity index (χ3v) is 4.67. The van der Waals surface area contributed by atoms with Crippen LogP contribution in [0.15, 0.2) is 40.1 Å². The molecular formula is C14H14N2O3S2. The zero-order valence-corrected chi connectivity index (χ0v) is 12.9. The van der Waals surface area contributed by atoms with Gasteiger partial charge in [-0.1, -0.05) is 30.0 Å². The summed E-state index contributed by atoms with van der Waals surface area (Å²) in [7, 11) is 0. The van der Waals surface area contributed by atoms with Gasteiger partial charge in [-0.2, -0.15) is 0 Å². The number of rotatable bonds is 6. The second-order valence-corrected chi connectivity index (χ2v) is 6.74. The Balaban J connectivity index is 1.91. The van der Waals surface area contributed by atoms with Crippen molar-refractivity contribution in [2.24, 2.45) is 0 Å². The number of thioether (sulfide) groups is 1. The quantitative estimate of drug-likeness (QED) is 0.800. The minimum atomic E-state index is -0.910. The van der Waals surface area contributed by atoms with E-state index in [2.05, 4.69) is 10.3 Å². The zero-order valence-electron chi connectivity index (χ0n) is 11.3. The van der Waals surface area contributed by atoms with Gasteiger partial charge in [-0.05, 0) is 19.1 Å². The van der Waals surface area contributed by atoms with Crippen LogP contribution in [0.2, 0.25) is 0 Å². The first kappa shape index (κ1) is 15.5. The number of nitrogens with zero attached hydrogens (tertiary/aromatic N) is 1. The van der Waals surface area contributed by atoms with Gasteiger partial charge in [0.1, 0.15) is 0 Å². The Bertz CT molecular complexity index is 628. The van der Waals surface area contributed by atoms with Crippen molar-refractivity contribution in [2.45, 2.75) is 22.9 Å². The van der Waals surface area contributed by atoms with Crippen LogP contribution in [0.1, 0.15) is 12.6 Å². The van der Waals surface area contributed by atoms with E-state index in [-0.39, 0.29) is 17.6 Å². The van der Waals surface area contributed by atoms with Crippen LogP contribution in [-0.2, 0) is 16.0 Å². The number of amides is 1. The Hall–Kier alpha value is -1.86. The SMILES string of the molecule is CC(Sc1nc(CC(=O)O)cs1)C(=O)Nc1ccccc1. The number of carboxylic acid groups (broad SMARTS) is 1. The fourth-order valence-corrected chi connectivity index (χ4v) is 3.53.